The van der Waals surface area contributed by atoms with Crippen LogP contribution in [0.25, 0.3) is 0 Å². The highest BCUT2D eigenvalue weighted by atomic mass is 19.1. The summed E-state index contributed by atoms with van der Waals surface area (Å²) < 4.78 is 24.0. The Kier molecular flexibility index (Phi) is 4.88. The molecule has 0 bridgehead atoms. The summed E-state index contributed by atoms with van der Waals surface area (Å²) in [6.45, 7) is 5.45. The summed E-state index contributed by atoms with van der Waals surface area (Å²) in [5, 5.41) is 4.45. The van der Waals surface area contributed by atoms with Crippen molar-refractivity contribution < 1.29 is 18.3 Å². The van der Waals surface area contributed by atoms with Crippen molar-refractivity contribution in [1.29, 1.82) is 0 Å². The Morgan fingerprint density at radius 1 is 1.28 bits per heavy atom. The van der Waals surface area contributed by atoms with Crippen LogP contribution < -0.4 is 5.43 Å². The molecule has 25 heavy (non-hydrogen) atoms. The third kappa shape index (κ3) is 3.73. The quantitative estimate of drug-likeness (QED) is 0.658. The predicted octanol–water partition coefficient (Wildman–Crippen LogP) is 4.44. The number of hydrogen-bond donors (Lipinski definition) is 1. The van der Waals surface area contributed by atoms with Crippen LogP contribution in [0.15, 0.2) is 33.8 Å². The number of hydrogen-bond acceptors (Lipinski definition) is 5. The minimum absolute atomic E-state index is 0.206. The molecule has 0 atom stereocenters. The summed E-state index contributed by atoms with van der Waals surface area (Å²) in [6, 6.07) is 5.99. The highest BCUT2D eigenvalue weighted by Gasteiger charge is 2.29. The first-order valence-corrected chi connectivity index (χ1v) is 8.37. The second kappa shape index (κ2) is 7.09. The number of esters is 1. The Labute approximate surface area is 145 Å². The molecular formula is C19H21FN2O3. The van der Waals surface area contributed by atoms with Crippen molar-refractivity contribution in [3.8, 4) is 0 Å². The van der Waals surface area contributed by atoms with Gasteiger partial charge in [-0.05, 0) is 57.9 Å². The molecule has 0 aliphatic heterocycles. The summed E-state index contributed by atoms with van der Waals surface area (Å²) in [5.74, 6) is 0.263. The molecule has 1 aromatic heterocycles. The zero-order chi connectivity index (χ0) is 18.0. The van der Waals surface area contributed by atoms with E-state index in [1.807, 2.05) is 6.92 Å². The first-order valence-electron chi connectivity index (χ1n) is 8.37. The molecule has 0 radical (unpaired) electrons. The van der Waals surface area contributed by atoms with E-state index in [1.54, 1.807) is 26.0 Å². The van der Waals surface area contributed by atoms with Crippen molar-refractivity contribution in [2.24, 2.45) is 5.10 Å². The Morgan fingerprint density at radius 3 is 2.68 bits per heavy atom. The minimum Gasteiger partial charge on any atom is -0.457 e. The average molecular weight is 344 g/mol. The van der Waals surface area contributed by atoms with Gasteiger partial charge in [-0.3, -0.25) is 5.43 Å². The molecule has 0 fully saturated rings. The maximum absolute atomic E-state index is 13.0. The van der Waals surface area contributed by atoms with Crippen molar-refractivity contribution in [2.45, 2.75) is 46.1 Å². The molecule has 0 spiro atoms. The number of fused-ring (bicyclic) bond motifs is 1. The zero-order valence-electron chi connectivity index (χ0n) is 14.6. The van der Waals surface area contributed by atoms with Gasteiger partial charge in [0.05, 0.1) is 17.5 Å². The van der Waals surface area contributed by atoms with Gasteiger partial charge in [-0.2, -0.15) is 5.10 Å². The van der Waals surface area contributed by atoms with Crippen LogP contribution in [0.5, 0.6) is 0 Å². The first-order chi connectivity index (χ1) is 12.0. The van der Waals surface area contributed by atoms with Crippen molar-refractivity contribution >= 4 is 17.4 Å². The fourth-order valence-electron chi connectivity index (χ4n) is 2.90. The van der Waals surface area contributed by atoms with Gasteiger partial charge in [0.25, 0.3) is 0 Å². The fraction of sp³-hybridized carbons (Fsp3) is 0.368. The molecule has 5 nitrogen and oxygen atoms in total. The molecule has 1 aliphatic carbocycles. The summed E-state index contributed by atoms with van der Waals surface area (Å²) in [7, 11) is 0. The van der Waals surface area contributed by atoms with Gasteiger partial charge in [-0.15, -0.1) is 0 Å². The van der Waals surface area contributed by atoms with Crippen LogP contribution in [-0.2, 0) is 11.2 Å². The fourth-order valence-corrected chi connectivity index (χ4v) is 2.90. The van der Waals surface area contributed by atoms with Crippen LogP contribution in [0.1, 0.15) is 54.1 Å². The number of aryl methyl sites for hydroxylation is 1. The molecule has 0 unspecified atom stereocenters. The van der Waals surface area contributed by atoms with E-state index in [9.17, 15) is 9.18 Å². The lowest BCUT2D eigenvalue weighted by Crippen LogP contribution is -2.14. The standard InChI is InChI=1S/C19H21FN2O3/c1-11(2)24-19(23)18-12(3)17-15(5-4-6-16(17)25-18)22-21-14-9-7-13(20)8-10-14/h7-11,21H,4-6H2,1-3H3/b22-15+. The van der Waals surface area contributed by atoms with E-state index in [4.69, 9.17) is 9.15 Å². The largest absolute Gasteiger partial charge is 0.457 e. The highest BCUT2D eigenvalue weighted by molar-refractivity contribution is 6.06. The molecule has 1 aliphatic rings. The third-order valence-electron chi connectivity index (χ3n) is 4.02. The van der Waals surface area contributed by atoms with Crippen molar-refractivity contribution in [2.75, 3.05) is 5.43 Å². The number of carbonyl (C=O) groups is 1. The minimum atomic E-state index is -0.451. The number of furan rings is 1. The average Bonchev–Trinajstić information content (AvgIpc) is 2.91. The Balaban J connectivity index is 1.88. The van der Waals surface area contributed by atoms with Crippen LogP contribution in [-0.4, -0.2) is 17.8 Å². The molecule has 1 N–H and O–H groups in total. The summed E-state index contributed by atoms with van der Waals surface area (Å²) in [6.07, 6.45) is 2.23. The molecule has 0 saturated heterocycles. The number of halogens is 1. The lowest BCUT2D eigenvalue weighted by Gasteiger charge is -2.13. The van der Waals surface area contributed by atoms with Gasteiger partial charge in [0, 0.05) is 17.5 Å². The Bertz CT molecular complexity index is 807. The number of ether oxygens (including phenoxy) is 1. The second-order valence-corrected chi connectivity index (χ2v) is 6.34. The first kappa shape index (κ1) is 17.2. The highest BCUT2D eigenvalue weighted by Crippen LogP contribution is 2.30. The van der Waals surface area contributed by atoms with E-state index >= 15 is 0 Å². The maximum atomic E-state index is 13.0. The van der Waals surface area contributed by atoms with Crippen LogP contribution in [0.2, 0.25) is 0 Å². The predicted molar refractivity (Wildman–Crippen MR) is 93.5 cm³/mol. The van der Waals surface area contributed by atoms with Crippen molar-refractivity contribution in [3.63, 3.8) is 0 Å². The molecule has 1 aromatic carbocycles. The van der Waals surface area contributed by atoms with Crippen molar-refractivity contribution in [3.05, 3.63) is 52.7 Å². The summed E-state index contributed by atoms with van der Waals surface area (Å²) >= 11 is 0. The molecule has 2 aromatic rings. The van der Waals surface area contributed by atoms with Gasteiger partial charge in [-0.1, -0.05) is 0 Å². The maximum Gasteiger partial charge on any atom is 0.374 e. The number of nitrogens with zero attached hydrogens (tertiary/aromatic N) is 1. The molecular weight excluding hydrogens is 323 g/mol. The van der Waals surface area contributed by atoms with Gasteiger partial charge >= 0.3 is 5.97 Å². The molecule has 1 heterocycles. The van der Waals surface area contributed by atoms with Crippen LogP contribution in [0.4, 0.5) is 10.1 Å². The van der Waals surface area contributed by atoms with E-state index in [0.717, 1.165) is 41.9 Å². The number of anilines is 1. The topological polar surface area (TPSA) is 63.8 Å². The van der Waals surface area contributed by atoms with Crippen LogP contribution in [0, 0.1) is 12.7 Å². The van der Waals surface area contributed by atoms with Gasteiger partial charge < -0.3 is 9.15 Å². The second-order valence-electron chi connectivity index (χ2n) is 6.34. The third-order valence-corrected chi connectivity index (χ3v) is 4.02. The van der Waals surface area contributed by atoms with E-state index in [1.165, 1.54) is 12.1 Å². The van der Waals surface area contributed by atoms with Gasteiger partial charge in [0.2, 0.25) is 5.76 Å². The summed E-state index contributed by atoms with van der Waals surface area (Å²) in [5.41, 5.74) is 6.09. The Morgan fingerprint density at radius 2 is 2.00 bits per heavy atom. The number of carbonyl (C=O) groups excluding carboxylic acids is 1. The van der Waals surface area contributed by atoms with Crippen LogP contribution in [0.3, 0.4) is 0 Å². The molecule has 6 heteroatoms. The molecule has 3 rings (SSSR count). The lowest BCUT2D eigenvalue weighted by molar-refractivity contribution is 0.0338. The lowest BCUT2D eigenvalue weighted by atomic mass is 9.93. The van der Waals surface area contributed by atoms with Gasteiger partial charge in [0.1, 0.15) is 11.6 Å². The normalized spacial score (nSPS) is 15.3. The van der Waals surface area contributed by atoms with Gasteiger partial charge in [0.15, 0.2) is 0 Å². The van der Waals surface area contributed by atoms with E-state index in [0.29, 0.717) is 5.69 Å². The van der Waals surface area contributed by atoms with Crippen LogP contribution >= 0.6 is 0 Å². The Hall–Kier alpha value is -2.63. The SMILES string of the molecule is Cc1c(C(=O)OC(C)C)oc2c1/C(=N/Nc1ccc(F)cc1)CCC2. The number of hydrazone groups is 1. The van der Waals surface area contributed by atoms with Gasteiger partial charge in [-0.25, -0.2) is 9.18 Å². The van der Waals surface area contributed by atoms with E-state index in [-0.39, 0.29) is 17.7 Å². The van der Waals surface area contributed by atoms with E-state index in [2.05, 4.69) is 10.5 Å². The zero-order valence-corrected chi connectivity index (χ0v) is 14.6. The molecule has 0 amide bonds. The van der Waals surface area contributed by atoms with E-state index < -0.39 is 5.97 Å². The molecule has 132 valence electrons. The number of nitrogens with one attached hydrogen (secondary N) is 1. The number of rotatable bonds is 4. The summed E-state index contributed by atoms with van der Waals surface area (Å²) in [4.78, 5) is 12.2. The molecule has 0 saturated carbocycles. The monoisotopic (exact) mass is 344 g/mol. The smallest absolute Gasteiger partial charge is 0.374 e. The van der Waals surface area contributed by atoms with Crippen molar-refractivity contribution in [1.82, 2.24) is 0 Å². The number of benzene rings is 1.